The smallest absolute Gasteiger partial charge is 0.0858 e. The van der Waals surface area contributed by atoms with Crippen molar-refractivity contribution in [3.63, 3.8) is 0 Å². The van der Waals surface area contributed by atoms with E-state index in [0.717, 1.165) is 6.42 Å². The summed E-state index contributed by atoms with van der Waals surface area (Å²) in [6, 6.07) is 0. The van der Waals surface area contributed by atoms with E-state index < -0.39 is 0 Å². The zero-order valence-corrected chi connectivity index (χ0v) is 7.21. The zero-order chi connectivity index (χ0) is 8.13. The van der Waals surface area contributed by atoms with Crippen molar-refractivity contribution < 1.29 is 5.11 Å². The van der Waals surface area contributed by atoms with Gasteiger partial charge < -0.3 is 5.11 Å². The summed E-state index contributed by atoms with van der Waals surface area (Å²) in [5.74, 6) is 0.528. The van der Waals surface area contributed by atoms with E-state index in [-0.39, 0.29) is 6.10 Å². The largest absolute Gasteiger partial charge is 0.388 e. The van der Waals surface area contributed by atoms with Crippen LogP contribution < -0.4 is 0 Å². The van der Waals surface area contributed by atoms with Gasteiger partial charge >= 0.3 is 0 Å². The molecule has 1 nitrogen and oxygen atoms in total. The molecule has 1 fully saturated rings. The average Bonchev–Trinajstić information content (AvgIpc) is 2.16. The molecule has 12 heavy (non-hydrogen) atoms. The number of hydrogen-bond donors (Lipinski definition) is 1. The SMILES string of the molecule is OC1C2=CCCC3=C2C1CCC3. The molecule has 3 aliphatic rings. The molecule has 0 aliphatic heterocycles. The van der Waals surface area contributed by atoms with E-state index in [4.69, 9.17) is 0 Å². The lowest BCUT2D eigenvalue weighted by molar-refractivity contribution is 0.111. The van der Waals surface area contributed by atoms with Crippen molar-refractivity contribution in [3.8, 4) is 0 Å². The summed E-state index contributed by atoms with van der Waals surface area (Å²) in [4.78, 5) is 0. The van der Waals surface area contributed by atoms with E-state index >= 15 is 0 Å². The molecule has 0 spiro atoms. The normalized spacial score (nSPS) is 38.6. The Hall–Kier alpha value is -0.560. The van der Waals surface area contributed by atoms with Crippen molar-refractivity contribution in [1.82, 2.24) is 0 Å². The summed E-state index contributed by atoms with van der Waals surface area (Å²) in [5.41, 5.74) is 4.50. The van der Waals surface area contributed by atoms with Gasteiger partial charge in [-0.05, 0) is 43.3 Å². The van der Waals surface area contributed by atoms with Crippen molar-refractivity contribution in [2.75, 3.05) is 0 Å². The van der Waals surface area contributed by atoms with E-state index in [1.807, 2.05) is 0 Å². The van der Waals surface area contributed by atoms with Crippen molar-refractivity contribution in [2.45, 2.75) is 38.2 Å². The van der Waals surface area contributed by atoms with Crippen LogP contribution in [0, 0.1) is 5.92 Å². The van der Waals surface area contributed by atoms with E-state index in [1.54, 1.807) is 11.1 Å². The molecular weight excluding hydrogens is 148 g/mol. The van der Waals surface area contributed by atoms with E-state index in [0.29, 0.717) is 5.92 Å². The molecule has 1 N–H and O–H groups in total. The molecule has 0 aromatic heterocycles. The van der Waals surface area contributed by atoms with Gasteiger partial charge in [0.2, 0.25) is 0 Å². The van der Waals surface area contributed by atoms with Crippen LogP contribution in [0.3, 0.4) is 0 Å². The molecule has 2 atom stereocenters. The van der Waals surface area contributed by atoms with Crippen LogP contribution in [-0.2, 0) is 0 Å². The second-order valence-corrected chi connectivity index (χ2v) is 4.16. The third-order valence-corrected chi connectivity index (χ3v) is 3.57. The van der Waals surface area contributed by atoms with Gasteiger partial charge in [-0.25, -0.2) is 0 Å². The highest BCUT2D eigenvalue weighted by molar-refractivity contribution is 5.53. The number of aliphatic hydroxyl groups excluding tert-OH is 1. The van der Waals surface area contributed by atoms with Crippen LogP contribution in [0.25, 0.3) is 0 Å². The Bertz CT molecular complexity index is 285. The molecule has 0 radical (unpaired) electrons. The fourth-order valence-electron chi connectivity index (χ4n) is 2.98. The number of hydrogen-bond acceptors (Lipinski definition) is 1. The molecule has 2 unspecified atom stereocenters. The summed E-state index contributed by atoms with van der Waals surface area (Å²) in [7, 11) is 0. The lowest BCUT2D eigenvalue weighted by atomic mass is 9.61. The van der Waals surface area contributed by atoms with Gasteiger partial charge in [-0.1, -0.05) is 11.6 Å². The van der Waals surface area contributed by atoms with Crippen molar-refractivity contribution in [2.24, 2.45) is 5.92 Å². The molecule has 0 aromatic rings. The maximum absolute atomic E-state index is 9.75. The van der Waals surface area contributed by atoms with E-state index in [1.165, 1.54) is 31.3 Å². The highest BCUT2D eigenvalue weighted by Crippen LogP contribution is 2.51. The number of allylic oxidation sites excluding steroid dienone is 2. The zero-order valence-electron chi connectivity index (χ0n) is 7.21. The summed E-state index contributed by atoms with van der Waals surface area (Å²) in [6.07, 6.45) is 8.39. The quantitative estimate of drug-likeness (QED) is 0.579. The van der Waals surface area contributed by atoms with Gasteiger partial charge in [0.1, 0.15) is 0 Å². The Morgan fingerprint density at radius 3 is 3.17 bits per heavy atom. The van der Waals surface area contributed by atoms with Crippen molar-refractivity contribution >= 4 is 0 Å². The molecule has 0 heterocycles. The van der Waals surface area contributed by atoms with Gasteiger partial charge in [-0.2, -0.15) is 0 Å². The van der Waals surface area contributed by atoms with E-state index in [9.17, 15) is 5.11 Å². The topological polar surface area (TPSA) is 20.2 Å². The Morgan fingerprint density at radius 2 is 2.25 bits per heavy atom. The van der Waals surface area contributed by atoms with E-state index in [2.05, 4.69) is 6.08 Å². The Labute approximate surface area is 72.8 Å². The minimum atomic E-state index is -0.101. The monoisotopic (exact) mass is 162 g/mol. The summed E-state index contributed by atoms with van der Waals surface area (Å²) in [5, 5.41) is 9.75. The predicted octanol–water partition coefficient (Wildman–Crippen LogP) is 2.18. The minimum Gasteiger partial charge on any atom is -0.388 e. The van der Waals surface area contributed by atoms with Gasteiger partial charge in [0.25, 0.3) is 0 Å². The number of aliphatic hydroxyl groups is 1. The van der Waals surface area contributed by atoms with Gasteiger partial charge in [-0.15, -0.1) is 0 Å². The Balaban J connectivity index is 2.07. The molecule has 3 rings (SSSR count). The predicted molar refractivity (Wildman–Crippen MR) is 47.7 cm³/mol. The third-order valence-electron chi connectivity index (χ3n) is 3.57. The van der Waals surface area contributed by atoms with Crippen LogP contribution in [0.4, 0.5) is 0 Å². The van der Waals surface area contributed by atoms with Gasteiger partial charge in [0, 0.05) is 5.92 Å². The first-order valence-electron chi connectivity index (χ1n) is 4.98. The van der Waals surface area contributed by atoms with Crippen molar-refractivity contribution in [1.29, 1.82) is 0 Å². The summed E-state index contributed by atoms with van der Waals surface area (Å²) in [6.45, 7) is 0. The highest BCUT2D eigenvalue weighted by Gasteiger charge is 2.43. The third kappa shape index (κ3) is 0.680. The molecule has 3 aliphatic carbocycles. The minimum absolute atomic E-state index is 0.101. The summed E-state index contributed by atoms with van der Waals surface area (Å²) < 4.78 is 0. The molecule has 1 saturated carbocycles. The molecule has 1 heteroatoms. The number of rotatable bonds is 0. The van der Waals surface area contributed by atoms with Crippen LogP contribution >= 0.6 is 0 Å². The molecular formula is C11H14O. The molecule has 0 saturated heterocycles. The highest BCUT2D eigenvalue weighted by atomic mass is 16.3. The molecule has 64 valence electrons. The van der Waals surface area contributed by atoms with Crippen molar-refractivity contribution in [3.05, 3.63) is 22.8 Å². The van der Waals surface area contributed by atoms with Gasteiger partial charge in [-0.3, -0.25) is 0 Å². The standard InChI is InChI=1S/C11H14O/c12-11-8-5-1-3-7-4-2-6-9(11)10(7)8/h5,9,11-12H,1-4,6H2. The average molecular weight is 162 g/mol. The maximum Gasteiger partial charge on any atom is 0.0858 e. The Kier molecular flexibility index (Phi) is 1.28. The first-order valence-corrected chi connectivity index (χ1v) is 4.98. The van der Waals surface area contributed by atoms with Gasteiger partial charge in [0.05, 0.1) is 6.10 Å². The Morgan fingerprint density at radius 1 is 1.33 bits per heavy atom. The van der Waals surface area contributed by atoms with Crippen LogP contribution in [0.1, 0.15) is 32.1 Å². The van der Waals surface area contributed by atoms with Crippen LogP contribution in [0.2, 0.25) is 0 Å². The second kappa shape index (κ2) is 2.23. The lowest BCUT2D eigenvalue weighted by Crippen LogP contribution is -2.41. The van der Waals surface area contributed by atoms with Gasteiger partial charge in [0.15, 0.2) is 0 Å². The molecule has 0 aromatic carbocycles. The second-order valence-electron chi connectivity index (χ2n) is 4.16. The lowest BCUT2D eigenvalue weighted by Gasteiger charge is -2.46. The fraction of sp³-hybridized carbons (Fsp3) is 0.636. The molecule has 0 amide bonds. The summed E-state index contributed by atoms with van der Waals surface area (Å²) >= 11 is 0. The maximum atomic E-state index is 9.75. The fourth-order valence-corrected chi connectivity index (χ4v) is 2.98. The van der Waals surface area contributed by atoms with Crippen LogP contribution in [0.15, 0.2) is 22.8 Å². The molecule has 0 bridgehead atoms. The van der Waals surface area contributed by atoms with Crippen LogP contribution in [0.5, 0.6) is 0 Å². The van der Waals surface area contributed by atoms with Crippen LogP contribution in [-0.4, -0.2) is 11.2 Å². The first-order chi connectivity index (χ1) is 5.88. The first kappa shape index (κ1) is 6.90.